The van der Waals surface area contributed by atoms with Crippen molar-refractivity contribution in [2.75, 3.05) is 12.4 Å². The van der Waals surface area contributed by atoms with Crippen molar-refractivity contribution in [3.8, 4) is 11.5 Å². The van der Waals surface area contributed by atoms with Gasteiger partial charge in [-0.2, -0.15) is 0 Å². The molecule has 2 aromatic carbocycles. The van der Waals surface area contributed by atoms with Crippen molar-refractivity contribution in [3.63, 3.8) is 0 Å². The zero-order valence-corrected chi connectivity index (χ0v) is 15.6. The molecule has 2 rings (SSSR count). The largest absolute Gasteiger partial charge is 0.493 e. The van der Waals surface area contributed by atoms with Crippen LogP contribution in [0.2, 0.25) is 0 Å². The fourth-order valence-electron chi connectivity index (χ4n) is 2.17. The average molecular weight is 425 g/mol. The molecule has 5 heteroatoms. The monoisotopic (exact) mass is 425 g/mol. The molecule has 2 aromatic rings. The Hall–Kier alpha value is -1.76. The molecule has 0 spiro atoms. The van der Waals surface area contributed by atoms with Crippen molar-refractivity contribution in [1.82, 2.24) is 0 Å². The first kappa shape index (κ1) is 17.6. The van der Waals surface area contributed by atoms with E-state index in [0.717, 1.165) is 14.8 Å². The molecule has 0 radical (unpaired) electrons. The molecule has 0 aliphatic heterocycles. The van der Waals surface area contributed by atoms with E-state index in [-0.39, 0.29) is 5.91 Å². The maximum absolute atomic E-state index is 12.5. The standard InChI is InChI=1S/C18H20INO3/c1-4-15(23-17-8-6-5-7-16(17)22-3)18(21)20-14-10-9-13(19)11-12(14)2/h5-11,15H,4H2,1-3H3,(H,20,21)/t15-/m0/s1. The summed E-state index contributed by atoms with van der Waals surface area (Å²) in [4.78, 5) is 12.5. The van der Waals surface area contributed by atoms with E-state index in [9.17, 15) is 4.79 Å². The molecule has 0 saturated carbocycles. The van der Waals surface area contributed by atoms with Crippen LogP contribution in [0.25, 0.3) is 0 Å². The fraction of sp³-hybridized carbons (Fsp3) is 0.278. The predicted octanol–water partition coefficient (Wildman–Crippen LogP) is 4.40. The maximum atomic E-state index is 12.5. The van der Waals surface area contributed by atoms with E-state index in [0.29, 0.717) is 17.9 Å². The number of carbonyl (C=O) groups excluding carboxylic acids is 1. The Morgan fingerprint density at radius 1 is 1.22 bits per heavy atom. The number of amides is 1. The van der Waals surface area contributed by atoms with Gasteiger partial charge in [0.15, 0.2) is 17.6 Å². The molecule has 1 atom stereocenters. The van der Waals surface area contributed by atoms with E-state index < -0.39 is 6.10 Å². The van der Waals surface area contributed by atoms with Crippen LogP contribution in [0, 0.1) is 10.5 Å². The molecular formula is C18H20INO3. The number of benzene rings is 2. The second-order valence-corrected chi connectivity index (χ2v) is 6.36. The molecule has 23 heavy (non-hydrogen) atoms. The fourth-order valence-corrected chi connectivity index (χ4v) is 2.82. The Morgan fingerprint density at radius 2 is 1.91 bits per heavy atom. The minimum Gasteiger partial charge on any atom is -0.493 e. The van der Waals surface area contributed by atoms with Crippen LogP contribution in [0.5, 0.6) is 11.5 Å². The number of methoxy groups -OCH3 is 1. The highest BCUT2D eigenvalue weighted by molar-refractivity contribution is 14.1. The molecule has 0 aliphatic rings. The topological polar surface area (TPSA) is 47.6 Å². The number of halogens is 1. The molecule has 122 valence electrons. The van der Waals surface area contributed by atoms with Gasteiger partial charge < -0.3 is 14.8 Å². The summed E-state index contributed by atoms with van der Waals surface area (Å²) in [5.41, 5.74) is 1.83. The lowest BCUT2D eigenvalue weighted by Gasteiger charge is -2.19. The number of hydrogen-bond acceptors (Lipinski definition) is 3. The van der Waals surface area contributed by atoms with E-state index in [1.54, 1.807) is 13.2 Å². The third-order valence-corrected chi connectivity index (χ3v) is 4.12. The van der Waals surface area contributed by atoms with Gasteiger partial charge in [0, 0.05) is 9.26 Å². The number of carbonyl (C=O) groups is 1. The quantitative estimate of drug-likeness (QED) is 0.698. The van der Waals surface area contributed by atoms with Crippen LogP contribution in [-0.4, -0.2) is 19.1 Å². The number of nitrogens with one attached hydrogen (secondary N) is 1. The van der Waals surface area contributed by atoms with Crippen LogP contribution >= 0.6 is 22.6 Å². The van der Waals surface area contributed by atoms with Crippen molar-refractivity contribution < 1.29 is 14.3 Å². The summed E-state index contributed by atoms with van der Waals surface area (Å²) in [6.45, 7) is 3.89. The Morgan fingerprint density at radius 3 is 2.52 bits per heavy atom. The van der Waals surface area contributed by atoms with Crippen molar-refractivity contribution in [2.45, 2.75) is 26.4 Å². The maximum Gasteiger partial charge on any atom is 0.265 e. The van der Waals surface area contributed by atoms with Gasteiger partial charge in [0.25, 0.3) is 5.91 Å². The Kier molecular flexibility index (Phi) is 6.27. The van der Waals surface area contributed by atoms with Crippen LogP contribution in [0.1, 0.15) is 18.9 Å². The summed E-state index contributed by atoms with van der Waals surface area (Å²) in [7, 11) is 1.58. The summed E-state index contributed by atoms with van der Waals surface area (Å²) in [5.74, 6) is 1.02. The van der Waals surface area contributed by atoms with E-state index >= 15 is 0 Å². The average Bonchev–Trinajstić information content (AvgIpc) is 2.55. The first-order valence-corrected chi connectivity index (χ1v) is 8.49. The highest BCUT2D eigenvalue weighted by Crippen LogP contribution is 2.27. The summed E-state index contributed by atoms with van der Waals surface area (Å²) in [6, 6.07) is 13.2. The molecule has 0 bridgehead atoms. The summed E-state index contributed by atoms with van der Waals surface area (Å²) < 4.78 is 12.2. The zero-order valence-electron chi connectivity index (χ0n) is 13.4. The van der Waals surface area contributed by atoms with Gasteiger partial charge >= 0.3 is 0 Å². The van der Waals surface area contributed by atoms with Gasteiger partial charge in [0.05, 0.1) is 7.11 Å². The van der Waals surface area contributed by atoms with Crippen LogP contribution in [-0.2, 0) is 4.79 Å². The van der Waals surface area contributed by atoms with Gasteiger partial charge in [-0.25, -0.2) is 0 Å². The van der Waals surface area contributed by atoms with Gasteiger partial charge in [-0.15, -0.1) is 0 Å². The lowest BCUT2D eigenvalue weighted by atomic mass is 10.2. The molecule has 1 amide bonds. The Balaban J connectivity index is 2.12. The molecule has 4 nitrogen and oxygen atoms in total. The normalized spacial score (nSPS) is 11.7. The van der Waals surface area contributed by atoms with Crippen LogP contribution in [0.15, 0.2) is 42.5 Å². The first-order valence-electron chi connectivity index (χ1n) is 7.41. The number of anilines is 1. The van der Waals surface area contributed by atoms with E-state index in [4.69, 9.17) is 9.47 Å². The third-order valence-electron chi connectivity index (χ3n) is 3.45. The molecule has 0 fully saturated rings. The van der Waals surface area contributed by atoms with E-state index in [1.165, 1.54) is 0 Å². The second-order valence-electron chi connectivity index (χ2n) is 5.11. The van der Waals surface area contributed by atoms with Gasteiger partial charge in [0.2, 0.25) is 0 Å². The molecule has 0 saturated heterocycles. The highest BCUT2D eigenvalue weighted by Gasteiger charge is 2.20. The third kappa shape index (κ3) is 4.60. The van der Waals surface area contributed by atoms with Gasteiger partial charge in [-0.3, -0.25) is 4.79 Å². The minimum atomic E-state index is -0.579. The van der Waals surface area contributed by atoms with Gasteiger partial charge in [0.1, 0.15) is 0 Å². The Labute approximate surface area is 150 Å². The number of para-hydroxylation sites is 2. The molecule has 1 N–H and O–H groups in total. The molecule has 0 heterocycles. The lowest BCUT2D eigenvalue weighted by Crippen LogP contribution is -2.32. The smallest absolute Gasteiger partial charge is 0.265 e. The van der Waals surface area contributed by atoms with Crippen molar-refractivity contribution in [2.24, 2.45) is 0 Å². The van der Waals surface area contributed by atoms with Crippen molar-refractivity contribution in [3.05, 3.63) is 51.6 Å². The lowest BCUT2D eigenvalue weighted by molar-refractivity contribution is -0.122. The zero-order chi connectivity index (χ0) is 16.8. The molecule has 0 aromatic heterocycles. The second kappa shape index (κ2) is 8.19. The van der Waals surface area contributed by atoms with Crippen LogP contribution in [0.4, 0.5) is 5.69 Å². The number of ether oxygens (including phenoxy) is 2. The van der Waals surface area contributed by atoms with E-state index in [2.05, 4.69) is 27.9 Å². The molecular weight excluding hydrogens is 405 g/mol. The number of aryl methyl sites for hydroxylation is 1. The summed E-state index contributed by atoms with van der Waals surface area (Å²) in [6.07, 6.45) is -0.0159. The van der Waals surface area contributed by atoms with Crippen LogP contribution < -0.4 is 14.8 Å². The molecule has 0 unspecified atom stereocenters. The van der Waals surface area contributed by atoms with E-state index in [1.807, 2.05) is 50.2 Å². The molecule has 0 aliphatic carbocycles. The van der Waals surface area contributed by atoms with Crippen LogP contribution in [0.3, 0.4) is 0 Å². The Bertz CT molecular complexity index is 688. The summed E-state index contributed by atoms with van der Waals surface area (Å²) in [5, 5.41) is 2.94. The van der Waals surface area contributed by atoms with Gasteiger partial charge in [-0.05, 0) is 71.8 Å². The number of hydrogen-bond donors (Lipinski definition) is 1. The highest BCUT2D eigenvalue weighted by atomic mass is 127. The first-order chi connectivity index (χ1) is 11.0. The van der Waals surface area contributed by atoms with Crippen molar-refractivity contribution in [1.29, 1.82) is 0 Å². The van der Waals surface area contributed by atoms with Crippen molar-refractivity contribution >= 4 is 34.2 Å². The number of rotatable bonds is 6. The summed E-state index contributed by atoms with van der Waals surface area (Å²) >= 11 is 2.25. The SMILES string of the molecule is CC[C@H](Oc1ccccc1OC)C(=O)Nc1ccc(I)cc1C. The predicted molar refractivity (Wildman–Crippen MR) is 100 cm³/mol. The minimum absolute atomic E-state index is 0.164. The van der Waals surface area contributed by atoms with Gasteiger partial charge in [-0.1, -0.05) is 19.1 Å².